The van der Waals surface area contributed by atoms with Crippen molar-refractivity contribution in [2.75, 3.05) is 0 Å². The Hall–Kier alpha value is -0.860. The summed E-state index contributed by atoms with van der Waals surface area (Å²) in [6.07, 6.45) is 0.779. The normalized spacial score (nSPS) is 12.3. The molecule has 0 amide bonds. The number of carbonyl (C=O) groups is 2. The lowest BCUT2D eigenvalue weighted by atomic mass is 9.97. The van der Waals surface area contributed by atoms with Crippen LogP contribution in [0.3, 0.4) is 0 Å². The highest BCUT2D eigenvalue weighted by Crippen LogP contribution is 2.24. The molecule has 0 aliphatic heterocycles. The third-order valence-electron chi connectivity index (χ3n) is 2.88. The molecule has 0 fully saturated rings. The van der Waals surface area contributed by atoms with Crippen LogP contribution in [0, 0.1) is 6.92 Å². The number of alkyl halides is 1. The van der Waals surface area contributed by atoms with Gasteiger partial charge in [-0.2, -0.15) is 0 Å². The van der Waals surface area contributed by atoms with E-state index in [2.05, 4.69) is 0 Å². The van der Waals surface area contributed by atoms with Gasteiger partial charge in [0.25, 0.3) is 0 Å². The minimum absolute atomic E-state index is 0.123. The molecule has 1 unspecified atom stereocenters. The van der Waals surface area contributed by atoms with Crippen LogP contribution in [-0.4, -0.2) is 16.9 Å². The Bertz CT molecular complexity index is 479. The van der Waals surface area contributed by atoms with Crippen LogP contribution in [-0.2, 0) is 11.2 Å². The van der Waals surface area contributed by atoms with Gasteiger partial charge in [0, 0.05) is 23.4 Å². The van der Waals surface area contributed by atoms with Crippen LogP contribution in [0.4, 0.5) is 0 Å². The van der Waals surface area contributed by atoms with Crippen molar-refractivity contribution in [3.8, 4) is 0 Å². The summed E-state index contributed by atoms with van der Waals surface area (Å²) < 4.78 is 0. The molecular formula is C14H16Cl2O2. The van der Waals surface area contributed by atoms with E-state index in [4.69, 9.17) is 23.2 Å². The van der Waals surface area contributed by atoms with Crippen molar-refractivity contribution in [1.29, 1.82) is 0 Å². The van der Waals surface area contributed by atoms with Gasteiger partial charge in [-0.1, -0.05) is 18.5 Å². The molecule has 1 aromatic carbocycles. The summed E-state index contributed by atoms with van der Waals surface area (Å²) in [5.41, 5.74) is 2.11. The van der Waals surface area contributed by atoms with Crippen molar-refractivity contribution in [1.82, 2.24) is 0 Å². The van der Waals surface area contributed by atoms with E-state index in [9.17, 15) is 9.59 Å². The Morgan fingerprint density at radius 2 is 1.94 bits per heavy atom. The van der Waals surface area contributed by atoms with Gasteiger partial charge in [0.2, 0.25) is 0 Å². The van der Waals surface area contributed by atoms with Crippen molar-refractivity contribution in [2.45, 2.75) is 39.0 Å². The van der Waals surface area contributed by atoms with Crippen LogP contribution in [0.15, 0.2) is 12.1 Å². The van der Waals surface area contributed by atoms with E-state index in [-0.39, 0.29) is 11.6 Å². The number of halogens is 2. The Morgan fingerprint density at radius 3 is 2.44 bits per heavy atom. The quantitative estimate of drug-likeness (QED) is 0.606. The molecule has 0 aromatic heterocycles. The zero-order valence-electron chi connectivity index (χ0n) is 10.7. The number of rotatable bonds is 5. The molecule has 1 atom stereocenters. The van der Waals surface area contributed by atoms with Crippen molar-refractivity contribution in [3.63, 3.8) is 0 Å². The molecular weight excluding hydrogens is 271 g/mol. The van der Waals surface area contributed by atoms with Gasteiger partial charge in [0.05, 0.1) is 5.38 Å². The molecule has 4 heteroatoms. The first-order valence-electron chi connectivity index (χ1n) is 5.85. The molecule has 0 aliphatic carbocycles. The molecule has 18 heavy (non-hydrogen) atoms. The molecule has 0 aliphatic rings. The second kappa shape index (κ2) is 6.35. The Morgan fingerprint density at radius 1 is 1.33 bits per heavy atom. The third-order valence-corrected chi connectivity index (χ3v) is 3.47. The predicted octanol–water partition coefficient (Wildman–Crippen LogP) is 3.98. The van der Waals surface area contributed by atoms with Gasteiger partial charge in [-0.3, -0.25) is 9.59 Å². The lowest BCUT2D eigenvalue weighted by Gasteiger charge is -2.10. The molecule has 0 heterocycles. The third kappa shape index (κ3) is 3.56. The van der Waals surface area contributed by atoms with Crippen molar-refractivity contribution >= 4 is 34.8 Å². The molecule has 0 saturated heterocycles. The van der Waals surface area contributed by atoms with Crippen molar-refractivity contribution < 1.29 is 9.59 Å². The standard InChI is InChI=1S/C14H16Cl2O2/c1-4-12(17)6-10-5-11(14(18)9(3)15)7-13(16)8(10)2/h5,7,9H,4,6H2,1-3H3. The highest BCUT2D eigenvalue weighted by atomic mass is 35.5. The zero-order valence-corrected chi connectivity index (χ0v) is 12.2. The summed E-state index contributed by atoms with van der Waals surface area (Å²) in [6, 6.07) is 3.33. The number of ketones is 2. The maximum absolute atomic E-state index is 11.8. The maximum atomic E-state index is 11.8. The second-order valence-corrected chi connectivity index (χ2v) is 5.35. The molecule has 1 rings (SSSR count). The van der Waals surface area contributed by atoms with E-state index >= 15 is 0 Å². The van der Waals surface area contributed by atoms with Crippen LogP contribution in [0.5, 0.6) is 0 Å². The SMILES string of the molecule is CCC(=O)Cc1cc(C(=O)C(C)Cl)cc(Cl)c1C. The number of benzene rings is 1. The summed E-state index contributed by atoms with van der Waals surface area (Å²) >= 11 is 11.9. The first-order valence-corrected chi connectivity index (χ1v) is 6.67. The zero-order chi connectivity index (χ0) is 13.9. The van der Waals surface area contributed by atoms with Gasteiger partial charge in [0.1, 0.15) is 5.78 Å². The molecule has 0 spiro atoms. The van der Waals surface area contributed by atoms with E-state index in [1.807, 2.05) is 13.8 Å². The van der Waals surface area contributed by atoms with Crippen molar-refractivity contribution in [2.24, 2.45) is 0 Å². The van der Waals surface area contributed by atoms with Crippen molar-refractivity contribution in [3.05, 3.63) is 33.8 Å². The van der Waals surface area contributed by atoms with Crippen LogP contribution < -0.4 is 0 Å². The highest BCUT2D eigenvalue weighted by Gasteiger charge is 2.16. The van der Waals surface area contributed by atoms with Gasteiger partial charge in [-0.05, 0) is 37.1 Å². The monoisotopic (exact) mass is 286 g/mol. The Balaban J connectivity index is 3.18. The topological polar surface area (TPSA) is 34.1 Å². The fourth-order valence-electron chi connectivity index (χ4n) is 1.63. The highest BCUT2D eigenvalue weighted by molar-refractivity contribution is 6.35. The lowest BCUT2D eigenvalue weighted by molar-refractivity contribution is -0.118. The molecule has 98 valence electrons. The van der Waals surface area contributed by atoms with E-state index in [1.54, 1.807) is 19.1 Å². The van der Waals surface area contributed by atoms with Gasteiger partial charge >= 0.3 is 0 Å². The molecule has 0 bridgehead atoms. The fourth-order valence-corrected chi connectivity index (χ4v) is 1.99. The molecule has 0 saturated carbocycles. The number of hydrogen-bond donors (Lipinski definition) is 0. The van der Waals surface area contributed by atoms with Crippen LogP contribution in [0.2, 0.25) is 5.02 Å². The molecule has 0 N–H and O–H groups in total. The van der Waals surface area contributed by atoms with E-state index in [0.717, 1.165) is 11.1 Å². The maximum Gasteiger partial charge on any atom is 0.180 e. The van der Waals surface area contributed by atoms with Gasteiger partial charge in [-0.15, -0.1) is 11.6 Å². The molecule has 2 nitrogen and oxygen atoms in total. The smallest absolute Gasteiger partial charge is 0.180 e. The second-order valence-electron chi connectivity index (χ2n) is 4.29. The first kappa shape index (κ1) is 15.2. The van der Waals surface area contributed by atoms with Gasteiger partial charge < -0.3 is 0 Å². The first-order chi connectivity index (χ1) is 8.36. The number of Topliss-reactive ketones (excluding diaryl/α,β-unsaturated/α-hetero) is 2. The average molecular weight is 287 g/mol. The van der Waals surface area contributed by atoms with E-state index < -0.39 is 5.38 Å². The van der Waals surface area contributed by atoms with E-state index in [1.165, 1.54) is 0 Å². The van der Waals surface area contributed by atoms with Crippen LogP contribution in [0.25, 0.3) is 0 Å². The summed E-state index contributed by atoms with van der Waals surface area (Å²) in [5, 5.41) is -0.101. The fraction of sp³-hybridized carbons (Fsp3) is 0.429. The van der Waals surface area contributed by atoms with Crippen LogP contribution >= 0.6 is 23.2 Å². The van der Waals surface area contributed by atoms with Gasteiger partial charge in [-0.25, -0.2) is 0 Å². The van der Waals surface area contributed by atoms with Gasteiger partial charge in [0.15, 0.2) is 5.78 Å². The Labute approximate surface area is 117 Å². The summed E-state index contributed by atoms with van der Waals surface area (Å²) in [6.45, 7) is 5.28. The lowest BCUT2D eigenvalue weighted by Crippen LogP contribution is -2.12. The predicted molar refractivity (Wildman–Crippen MR) is 74.8 cm³/mol. The van der Waals surface area contributed by atoms with Crippen LogP contribution in [0.1, 0.15) is 41.8 Å². The summed E-state index contributed by atoms with van der Waals surface area (Å²) in [4.78, 5) is 23.3. The largest absolute Gasteiger partial charge is 0.299 e. The number of carbonyl (C=O) groups excluding carboxylic acids is 2. The minimum atomic E-state index is -0.599. The van der Waals surface area contributed by atoms with E-state index in [0.29, 0.717) is 23.4 Å². The Kier molecular flexibility index (Phi) is 5.36. The summed E-state index contributed by atoms with van der Waals surface area (Å²) in [5.74, 6) is -0.0542. The number of hydrogen-bond acceptors (Lipinski definition) is 2. The average Bonchev–Trinajstić information content (AvgIpc) is 2.33. The summed E-state index contributed by atoms with van der Waals surface area (Å²) in [7, 11) is 0. The minimum Gasteiger partial charge on any atom is -0.299 e. The molecule has 1 aromatic rings. The molecule has 0 radical (unpaired) electrons.